The first-order valence-electron chi connectivity index (χ1n) is 13.4. The van der Waals surface area contributed by atoms with Crippen LogP contribution >= 0.6 is 0 Å². The molecular weight excluding hydrogens is 463 g/mol. The number of benzene rings is 2. The molecule has 1 saturated carbocycles. The summed E-state index contributed by atoms with van der Waals surface area (Å²) in [6, 6.07) is 8.72. The van der Waals surface area contributed by atoms with Crippen LogP contribution in [0.15, 0.2) is 43.5 Å². The summed E-state index contributed by atoms with van der Waals surface area (Å²) in [5.41, 5.74) is 0.235. The summed E-state index contributed by atoms with van der Waals surface area (Å²) in [4.78, 5) is 2.31. The Morgan fingerprint density at radius 1 is 1.00 bits per heavy atom. The van der Waals surface area contributed by atoms with E-state index in [0.29, 0.717) is 17.2 Å². The van der Waals surface area contributed by atoms with Crippen LogP contribution in [0.4, 0.5) is 13.2 Å². The quantitative estimate of drug-likeness (QED) is 0.402. The molecule has 1 heterocycles. The summed E-state index contributed by atoms with van der Waals surface area (Å²) in [7, 11) is 0. The van der Waals surface area contributed by atoms with Crippen molar-refractivity contribution in [2.24, 2.45) is 11.8 Å². The van der Waals surface area contributed by atoms with E-state index in [0.717, 1.165) is 63.6 Å². The predicted octanol–water partition coefficient (Wildman–Crippen LogP) is 8.16. The zero-order valence-corrected chi connectivity index (χ0v) is 22.0. The van der Waals surface area contributed by atoms with E-state index in [-0.39, 0.29) is 29.4 Å². The standard InChI is InChI=1S/C28H38F3NO2.C2H4/c1-4-20-5-10-24(11-6-20)34-26-12-9-22-7-8-23(17-25(22)27(26)28(29,30)31)18(2)32-15-13-21(14-16-32)19(3)33;1-2/h7-9,12,17-21,24,33H,4-6,10-11,13-16H2,1-3H3;1-2H2. The fraction of sp³-hybridized carbons (Fsp3) is 0.600. The van der Waals surface area contributed by atoms with Crippen LogP contribution in [0.3, 0.4) is 0 Å². The molecule has 2 aromatic carbocycles. The summed E-state index contributed by atoms with van der Waals surface area (Å²) in [5.74, 6) is 0.916. The van der Waals surface area contributed by atoms with E-state index in [1.807, 2.05) is 13.0 Å². The minimum atomic E-state index is -4.49. The lowest BCUT2D eigenvalue weighted by atomic mass is 9.86. The van der Waals surface area contributed by atoms with Crippen molar-refractivity contribution in [3.63, 3.8) is 0 Å². The molecule has 2 unspecified atom stereocenters. The van der Waals surface area contributed by atoms with Gasteiger partial charge >= 0.3 is 6.18 Å². The van der Waals surface area contributed by atoms with Crippen molar-refractivity contribution in [3.8, 4) is 5.75 Å². The van der Waals surface area contributed by atoms with E-state index < -0.39 is 11.7 Å². The molecule has 0 spiro atoms. The van der Waals surface area contributed by atoms with Crippen LogP contribution in [-0.4, -0.2) is 35.3 Å². The lowest BCUT2D eigenvalue weighted by Crippen LogP contribution is -2.38. The number of hydrogen-bond donors (Lipinski definition) is 1. The Morgan fingerprint density at radius 3 is 2.17 bits per heavy atom. The van der Waals surface area contributed by atoms with Gasteiger partial charge in [0, 0.05) is 6.04 Å². The molecule has 36 heavy (non-hydrogen) atoms. The van der Waals surface area contributed by atoms with Crippen molar-refractivity contribution in [3.05, 3.63) is 54.6 Å². The summed E-state index contributed by atoms with van der Waals surface area (Å²) in [5, 5.41) is 10.7. The van der Waals surface area contributed by atoms with E-state index in [1.54, 1.807) is 18.2 Å². The van der Waals surface area contributed by atoms with Gasteiger partial charge in [-0.05, 0) is 106 Å². The largest absolute Gasteiger partial charge is 0.490 e. The van der Waals surface area contributed by atoms with Crippen LogP contribution in [0.2, 0.25) is 0 Å². The molecule has 2 aromatic rings. The van der Waals surface area contributed by atoms with E-state index in [9.17, 15) is 18.3 Å². The topological polar surface area (TPSA) is 32.7 Å². The first-order valence-corrected chi connectivity index (χ1v) is 13.4. The lowest BCUT2D eigenvalue weighted by Gasteiger charge is -2.37. The van der Waals surface area contributed by atoms with Gasteiger partial charge < -0.3 is 9.84 Å². The van der Waals surface area contributed by atoms with Gasteiger partial charge in [-0.25, -0.2) is 0 Å². The molecule has 1 saturated heterocycles. The van der Waals surface area contributed by atoms with E-state index in [1.165, 1.54) is 6.07 Å². The Balaban J connectivity index is 0.00000176. The SMILES string of the molecule is C=C.CCC1CCC(Oc2ccc3ccc(C(C)N4CCC(C(C)O)CC4)cc3c2C(F)(F)F)CC1. The second-order valence-electron chi connectivity index (χ2n) is 10.4. The predicted molar refractivity (Wildman–Crippen MR) is 141 cm³/mol. The van der Waals surface area contributed by atoms with Gasteiger partial charge in [-0.3, -0.25) is 4.90 Å². The first-order chi connectivity index (χ1) is 17.2. The van der Waals surface area contributed by atoms with Crippen molar-refractivity contribution in [2.75, 3.05) is 13.1 Å². The minimum Gasteiger partial charge on any atom is -0.490 e. The smallest absolute Gasteiger partial charge is 0.420 e. The molecule has 2 atom stereocenters. The molecule has 0 bridgehead atoms. The summed E-state index contributed by atoms with van der Waals surface area (Å²) in [6.45, 7) is 13.7. The molecule has 1 aliphatic carbocycles. The molecular formula is C30H42F3NO2. The highest BCUT2D eigenvalue weighted by molar-refractivity contribution is 5.89. The average Bonchev–Trinajstić information content (AvgIpc) is 2.88. The van der Waals surface area contributed by atoms with E-state index >= 15 is 0 Å². The molecule has 2 aliphatic rings. The number of rotatable bonds is 6. The fourth-order valence-corrected chi connectivity index (χ4v) is 5.81. The van der Waals surface area contributed by atoms with Crippen LogP contribution in [0.5, 0.6) is 5.75 Å². The van der Waals surface area contributed by atoms with Crippen LogP contribution < -0.4 is 4.74 Å². The number of nitrogens with zero attached hydrogens (tertiary/aromatic N) is 1. The third-order valence-electron chi connectivity index (χ3n) is 8.24. The second kappa shape index (κ2) is 12.5. The average molecular weight is 506 g/mol. The highest BCUT2D eigenvalue weighted by atomic mass is 19.4. The Bertz CT molecular complexity index is 974. The fourth-order valence-electron chi connectivity index (χ4n) is 5.81. The lowest BCUT2D eigenvalue weighted by molar-refractivity contribution is -0.138. The van der Waals surface area contributed by atoms with Gasteiger partial charge in [-0.2, -0.15) is 13.2 Å². The normalized spacial score (nSPS) is 23.5. The van der Waals surface area contributed by atoms with Gasteiger partial charge in [0.1, 0.15) is 11.3 Å². The highest BCUT2D eigenvalue weighted by Crippen LogP contribution is 2.43. The third-order valence-corrected chi connectivity index (χ3v) is 8.24. The Hall–Kier alpha value is -2.05. The molecule has 0 aromatic heterocycles. The first kappa shape index (κ1) is 28.5. The number of likely N-dealkylation sites (tertiary alicyclic amines) is 1. The van der Waals surface area contributed by atoms with E-state index in [2.05, 4.69) is 31.9 Å². The number of alkyl halides is 3. The molecule has 1 N–H and O–H groups in total. The molecule has 200 valence electrons. The summed E-state index contributed by atoms with van der Waals surface area (Å²) in [6.07, 6.45) is 1.62. The van der Waals surface area contributed by atoms with Gasteiger partial charge in [-0.15, -0.1) is 13.2 Å². The monoisotopic (exact) mass is 505 g/mol. The van der Waals surface area contributed by atoms with E-state index in [4.69, 9.17) is 4.74 Å². The van der Waals surface area contributed by atoms with Crippen LogP contribution in [0.25, 0.3) is 10.8 Å². The summed E-state index contributed by atoms with van der Waals surface area (Å²) < 4.78 is 49.0. The molecule has 4 rings (SSSR count). The number of aliphatic hydroxyl groups is 1. The minimum absolute atomic E-state index is 0.00864. The van der Waals surface area contributed by atoms with Crippen LogP contribution in [0.1, 0.15) is 82.9 Å². The van der Waals surface area contributed by atoms with Gasteiger partial charge in [0.25, 0.3) is 0 Å². The number of ether oxygens (including phenoxy) is 1. The van der Waals surface area contributed by atoms with Crippen molar-refractivity contribution < 1.29 is 23.0 Å². The Labute approximate surface area is 214 Å². The zero-order chi connectivity index (χ0) is 26.5. The number of fused-ring (bicyclic) bond motifs is 1. The van der Waals surface area contributed by atoms with Crippen molar-refractivity contribution in [2.45, 2.75) is 90.1 Å². The molecule has 1 aliphatic heterocycles. The van der Waals surface area contributed by atoms with Gasteiger partial charge in [0.2, 0.25) is 0 Å². The third kappa shape index (κ3) is 6.63. The van der Waals surface area contributed by atoms with Crippen molar-refractivity contribution >= 4 is 10.8 Å². The Morgan fingerprint density at radius 2 is 1.61 bits per heavy atom. The zero-order valence-electron chi connectivity index (χ0n) is 22.0. The number of hydrogen-bond acceptors (Lipinski definition) is 3. The molecule has 2 fully saturated rings. The number of aliphatic hydroxyl groups excluding tert-OH is 1. The maximum absolute atomic E-state index is 14.3. The number of piperidine rings is 1. The highest BCUT2D eigenvalue weighted by Gasteiger charge is 2.38. The molecule has 0 radical (unpaired) electrons. The van der Waals surface area contributed by atoms with Crippen molar-refractivity contribution in [1.29, 1.82) is 0 Å². The van der Waals surface area contributed by atoms with Crippen LogP contribution in [-0.2, 0) is 6.18 Å². The Kier molecular flexibility index (Phi) is 9.87. The van der Waals surface area contributed by atoms with Gasteiger partial charge in [-0.1, -0.05) is 31.5 Å². The summed E-state index contributed by atoms with van der Waals surface area (Å²) >= 11 is 0. The molecule has 3 nitrogen and oxygen atoms in total. The maximum atomic E-state index is 14.3. The van der Waals surface area contributed by atoms with Crippen LogP contribution in [0, 0.1) is 11.8 Å². The van der Waals surface area contributed by atoms with Gasteiger partial charge in [0.05, 0.1) is 12.2 Å². The molecule has 0 amide bonds. The second-order valence-corrected chi connectivity index (χ2v) is 10.4. The van der Waals surface area contributed by atoms with Crippen molar-refractivity contribution in [1.82, 2.24) is 4.90 Å². The maximum Gasteiger partial charge on any atom is 0.420 e. The molecule has 6 heteroatoms. The van der Waals surface area contributed by atoms with Gasteiger partial charge in [0.15, 0.2) is 0 Å². The number of halogens is 3.